The largest absolute Gasteiger partial charge is 0.370 e. The van der Waals surface area contributed by atoms with Crippen molar-refractivity contribution in [1.29, 1.82) is 0 Å². The van der Waals surface area contributed by atoms with Gasteiger partial charge in [0.1, 0.15) is 6.04 Å². The number of carbonyl (C=O) groups excluding carboxylic acids is 2. The molecule has 1 aliphatic heterocycles. The van der Waals surface area contributed by atoms with Crippen LogP contribution in [0.15, 0.2) is 58.4 Å². The molecule has 0 spiro atoms. The maximum atomic E-state index is 13.4. The average Bonchev–Trinajstić information content (AvgIpc) is 3.53. The molecule has 10 nitrogen and oxygen atoms in total. The van der Waals surface area contributed by atoms with Crippen molar-refractivity contribution in [3.05, 3.63) is 59.1 Å². The second-order valence-electron chi connectivity index (χ2n) is 8.95. The molecular formula is C25H30N6O4S2. The number of para-hydroxylation sites is 1. The summed E-state index contributed by atoms with van der Waals surface area (Å²) < 4.78 is 28.7. The monoisotopic (exact) mass is 542 g/mol. The van der Waals surface area contributed by atoms with Gasteiger partial charge in [0.15, 0.2) is 11.0 Å². The van der Waals surface area contributed by atoms with Crippen molar-refractivity contribution in [1.82, 2.24) is 14.6 Å². The molecule has 2 aromatic carbocycles. The van der Waals surface area contributed by atoms with E-state index in [-0.39, 0.29) is 34.6 Å². The van der Waals surface area contributed by atoms with Crippen LogP contribution in [0.4, 0.5) is 0 Å². The number of rotatable bonds is 10. The van der Waals surface area contributed by atoms with Crippen LogP contribution >= 0.6 is 11.3 Å². The predicted octanol–water partition coefficient (Wildman–Crippen LogP) is 2.18. The van der Waals surface area contributed by atoms with E-state index >= 15 is 0 Å². The fourth-order valence-corrected chi connectivity index (χ4v) is 6.92. The molecule has 5 N–H and O–H groups in total. The molecule has 1 aromatic heterocycles. The van der Waals surface area contributed by atoms with E-state index < -0.39 is 28.0 Å². The molecule has 196 valence electrons. The van der Waals surface area contributed by atoms with Crippen LogP contribution in [0, 0.1) is 6.92 Å². The van der Waals surface area contributed by atoms with Crippen LogP contribution in [0.2, 0.25) is 0 Å². The van der Waals surface area contributed by atoms with Gasteiger partial charge < -0.3 is 16.8 Å². The summed E-state index contributed by atoms with van der Waals surface area (Å²) in [6, 6.07) is 12.1. The zero-order chi connectivity index (χ0) is 26.6. The summed E-state index contributed by atoms with van der Waals surface area (Å²) in [5.74, 6) is -0.888. The molecule has 0 aliphatic carbocycles. The molecule has 1 amide bonds. The van der Waals surface area contributed by atoms with Gasteiger partial charge in [0.25, 0.3) is 0 Å². The standard InChI is InChI=1S/C25H30N6O4S2/c1-16-10-12-17(13-11-16)37(34,35)31-15-5-8-20(31)23(33)29-19(7-4-14-28-25(26)27)22(32)24-30-18-6-2-3-9-21(18)36-24/h2-3,6,9-13,19-20H,4-5,7-8,14-15H2,1H3,(H,29,33)(H4,26,27,28)/t19?,20-/m0/s1. The second-order valence-corrected chi connectivity index (χ2v) is 11.9. The Balaban J connectivity index is 1.54. The minimum atomic E-state index is -3.87. The van der Waals surface area contributed by atoms with Gasteiger partial charge in [-0.15, -0.1) is 11.3 Å². The van der Waals surface area contributed by atoms with Gasteiger partial charge in [0, 0.05) is 13.1 Å². The summed E-state index contributed by atoms with van der Waals surface area (Å²) in [7, 11) is -3.87. The Bertz CT molecular complexity index is 1380. The number of hydrogen-bond acceptors (Lipinski definition) is 7. The number of Topliss-reactive ketones (excluding diaryl/α,β-unsaturated/α-hetero) is 1. The molecule has 0 bridgehead atoms. The predicted molar refractivity (Wildman–Crippen MR) is 144 cm³/mol. The highest BCUT2D eigenvalue weighted by Crippen LogP contribution is 2.27. The summed E-state index contributed by atoms with van der Waals surface area (Å²) in [5.41, 5.74) is 12.4. The van der Waals surface area contributed by atoms with Gasteiger partial charge in [0.2, 0.25) is 21.7 Å². The van der Waals surface area contributed by atoms with E-state index in [1.807, 2.05) is 31.2 Å². The lowest BCUT2D eigenvalue weighted by molar-refractivity contribution is -0.124. The second kappa shape index (κ2) is 11.4. The molecule has 2 atom stereocenters. The SMILES string of the molecule is Cc1ccc(S(=O)(=O)N2CCC[C@H]2C(=O)NC(CCCN=C(N)N)C(=O)c2nc3ccccc3s2)cc1. The number of guanidine groups is 1. The van der Waals surface area contributed by atoms with Gasteiger partial charge in [-0.05, 0) is 56.9 Å². The number of nitrogens with zero attached hydrogens (tertiary/aromatic N) is 3. The number of nitrogens with two attached hydrogens (primary N) is 2. The third-order valence-corrected chi connectivity index (χ3v) is 9.19. The number of sulfonamides is 1. The van der Waals surface area contributed by atoms with Crippen LogP contribution in [-0.2, 0) is 14.8 Å². The van der Waals surface area contributed by atoms with Crippen LogP contribution < -0.4 is 16.8 Å². The molecule has 12 heteroatoms. The van der Waals surface area contributed by atoms with E-state index in [1.165, 1.54) is 15.6 Å². The van der Waals surface area contributed by atoms with Crippen LogP contribution in [0.25, 0.3) is 10.2 Å². The lowest BCUT2D eigenvalue weighted by Gasteiger charge is -2.25. The van der Waals surface area contributed by atoms with Crippen molar-refractivity contribution in [2.45, 2.75) is 49.6 Å². The number of hydrogen-bond donors (Lipinski definition) is 3. The fourth-order valence-electron chi connectivity index (χ4n) is 4.30. The first-order chi connectivity index (χ1) is 17.7. The van der Waals surface area contributed by atoms with Crippen molar-refractivity contribution in [3.8, 4) is 0 Å². The molecule has 2 heterocycles. The van der Waals surface area contributed by atoms with Crippen molar-refractivity contribution in [2.24, 2.45) is 16.5 Å². The lowest BCUT2D eigenvalue weighted by Crippen LogP contribution is -2.50. The Labute approximate surface area is 219 Å². The highest BCUT2D eigenvalue weighted by Gasteiger charge is 2.40. The number of aromatic nitrogens is 1. The summed E-state index contributed by atoms with van der Waals surface area (Å²) in [6.07, 6.45) is 1.63. The molecule has 1 unspecified atom stereocenters. The van der Waals surface area contributed by atoms with Crippen LogP contribution in [0.5, 0.6) is 0 Å². The van der Waals surface area contributed by atoms with E-state index in [0.29, 0.717) is 31.3 Å². The average molecular weight is 543 g/mol. The molecule has 1 fully saturated rings. The first-order valence-corrected chi connectivity index (χ1v) is 14.3. The number of thiazole rings is 1. The number of amides is 1. The third kappa shape index (κ3) is 6.14. The quantitative estimate of drug-likeness (QED) is 0.153. The van der Waals surface area contributed by atoms with Gasteiger partial charge in [-0.2, -0.15) is 4.31 Å². The number of aliphatic imine (C=N–C) groups is 1. The first-order valence-electron chi connectivity index (χ1n) is 12.0. The Kier molecular flexibility index (Phi) is 8.20. The lowest BCUT2D eigenvalue weighted by atomic mass is 10.1. The van der Waals surface area contributed by atoms with Gasteiger partial charge >= 0.3 is 0 Å². The van der Waals surface area contributed by atoms with Crippen molar-refractivity contribution in [3.63, 3.8) is 0 Å². The number of aryl methyl sites for hydroxylation is 1. The highest BCUT2D eigenvalue weighted by molar-refractivity contribution is 7.89. The topological polar surface area (TPSA) is 161 Å². The molecule has 37 heavy (non-hydrogen) atoms. The Morgan fingerprint density at radius 2 is 1.92 bits per heavy atom. The maximum absolute atomic E-state index is 13.4. The number of carbonyl (C=O) groups is 2. The molecule has 4 rings (SSSR count). The van der Waals surface area contributed by atoms with E-state index in [1.54, 1.807) is 24.3 Å². The zero-order valence-corrected chi connectivity index (χ0v) is 22.1. The summed E-state index contributed by atoms with van der Waals surface area (Å²) in [6.45, 7) is 2.40. The van der Waals surface area contributed by atoms with Crippen LogP contribution in [-0.4, -0.2) is 60.5 Å². The molecule has 1 saturated heterocycles. The Morgan fingerprint density at radius 3 is 2.62 bits per heavy atom. The molecule has 0 saturated carbocycles. The van der Waals surface area contributed by atoms with Crippen LogP contribution in [0.3, 0.4) is 0 Å². The smallest absolute Gasteiger partial charge is 0.243 e. The van der Waals surface area contributed by atoms with E-state index in [0.717, 1.165) is 10.3 Å². The number of benzene rings is 2. The highest BCUT2D eigenvalue weighted by atomic mass is 32.2. The van der Waals surface area contributed by atoms with Gasteiger partial charge in [0.05, 0.1) is 21.2 Å². The molecular weight excluding hydrogens is 512 g/mol. The van der Waals surface area contributed by atoms with Gasteiger partial charge in [-0.3, -0.25) is 14.6 Å². The summed E-state index contributed by atoms with van der Waals surface area (Å²) in [4.78, 5) is 35.4. The van der Waals surface area contributed by atoms with Crippen molar-refractivity contribution >= 4 is 49.2 Å². The van der Waals surface area contributed by atoms with Crippen molar-refractivity contribution < 1.29 is 18.0 Å². The molecule has 3 aromatic rings. The number of ketones is 1. The zero-order valence-electron chi connectivity index (χ0n) is 20.5. The first kappa shape index (κ1) is 26.7. The van der Waals surface area contributed by atoms with Crippen molar-refractivity contribution in [2.75, 3.05) is 13.1 Å². The van der Waals surface area contributed by atoms with E-state index in [9.17, 15) is 18.0 Å². The van der Waals surface area contributed by atoms with Crippen LogP contribution in [0.1, 0.15) is 41.0 Å². The Hall–Kier alpha value is -3.35. The molecule has 0 radical (unpaired) electrons. The van der Waals surface area contributed by atoms with Gasteiger partial charge in [-0.1, -0.05) is 29.8 Å². The minimum Gasteiger partial charge on any atom is -0.370 e. The number of fused-ring (bicyclic) bond motifs is 1. The summed E-state index contributed by atoms with van der Waals surface area (Å²) >= 11 is 1.25. The number of nitrogens with one attached hydrogen (secondary N) is 1. The van der Waals surface area contributed by atoms with E-state index in [4.69, 9.17) is 11.5 Å². The molecule has 1 aliphatic rings. The van der Waals surface area contributed by atoms with E-state index in [2.05, 4.69) is 15.3 Å². The maximum Gasteiger partial charge on any atom is 0.243 e. The third-order valence-electron chi connectivity index (χ3n) is 6.22. The summed E-state index contributed by atoms with van der Waals surface area (Å²) in [5, 5.41) is 3.09. The normalized spacial score (nSPS) is 16.9. The van der Waals surface area contributed by atoms with Gasteiger partial charge in [-0.25, -0.2) is 13.4 Å². The fraction of sp³-hybridized carbons (Fsp3) is 0.360. The Morgan fingerprint density at radius 1 is 1.19 bits per heavy atom. The minimum absolute atomic E-state index is 0.0546.